The number of ether oxygens (including phenoxy) is 4. The number of methoxy groups -OCH3 is 1. The number of fused-ring (bicyclic) bond motifs is 2. The molecule has 0 aromatic rings. The summed E-state index contributed by atoms with van der Waals surface area (Å²) < 4.78 is 24.4. The van der Waals surface area contributed by atoms with Crippen LogP contribution in [0, 0.1) is 23.7 Å². The molecule has 3 aliphatic heterocycles. The number of aliphatic hydroxyl groups is 1. The van der Waals surface area contributed by atoms with E-state index in [1.807, 2.05) is 20.8 Å². The maximum absolute atomic E-state index is 13.0. The summed E-state index contributed by atoms with van der Waals surface area (Å²) in [7, 11) is 1.60. The molecule has 30 heavy (non-hydrogen) atoms. The number of esters is 2. The monoisotopic (exact) mass is 424 g/mol. The molecule has 4 rings (SSSR count). The number of hydrogen-bond acceptors (Lipinski definition) is 7. The van der Waals surface area contributed by atoms with Gasteiger partial charge in [0.05, 0.1) is 23.7 Å². The Bertz CT molecular complexity index is 720. The lowest BCUT2D eigenvalue weighted by atomic mass is 9.57. The Balaban J connectivity index is 1.85. The van der Waals surface area contributed by atoms with Gasteiger partial charge in [-0.1, -0.05) is 6.92 Å². The van der Waals surface area contributed by atoms with Crippen molar-refractivity contribution in [3.63, 3.8) is 0 Å². The third-order valence-electron chi connectivity index (χ3n) is 8.48. The first-order chi connectivity index (χ1) is 13.9. The Hall–Kier alpha value is -1.18. The predicted molar refractivity (Wildman–Crippen MR) is 107 cm³/mol. The van der Waals surface area contributed by atoms with E-state index in [9.17, 15) is 14.7 Å². The first-order valence-electron chi connectivity index (χ1n) is 11.2. The highest BCUT2D eigenvalue weighted by atomic mass is 16.6. The van der Waals surface area contributed by atoms with Crippen LogP contribution in [0.2, 0.25) is 0 Å². The van der Waals surface area contributed by atoms with Crippen LogP contribution in [0.4, 0.5) is 0 Å². The molecule has 1 N–H and O–H groups in total. The normalized spacial score (nSPS) is 53.0. The average Bonchev–Trinajstić information content (AvgIpc) is 2.99. The number of carbonyl (C=O) groups excluding carboxylic acids is 2. The van der Waals surface area contributed by atoms with Gasteiger partial charge in [0, 0.05) is 32.3 Å². The Morgan fingerprint density at radius 2 is 1.90 bits per heavy atom. The first-order valence-corrected chi connectivity index (χ1v) is 11.2. The zero-order chi connectivity index (χ0) is 22.1. The fraction of sp³-hybridized carbons (Fsp3) is 0.913. The molecule has 1 saturated carbocycles. The van der Waals surface area contributed by atoms with E-state index in [4.69, 9.17) is 18.9 Å². The van der Waals surface area contributed by atoms with Crippen LogP contribution < -0.4 is 0 Å². The molecule has 1 aliphatic carbocycles. The molecule has 3 heterocycles. The van der Waals surface area contributed by atoms with Gasteiger partial charge in [-0.25, -0.2) is 0 Å². The highest BCUT2D eigenvalue weighted by Gasteiger charge is 2.67. The summed E-state index contributed by atoms with van der Waals surface area (Å²) in [6.45, 7) is 9.11. The highest BCUT2D eigenvalue weighted by molar-refractivity contribution is 5.73. The van der Waals surface area contributed by atoms with Gasteiger partial charge in [-0.2, -0.15) is 0 Å². The molecule has 0 radical (unpaired) electrons. The zero-order valence-electron chi connectivity index (χ0n) is 19.0. The first kappa shape index (κ1) is 22.0. The second-order valence-corrected chi connectivity index (χ2v) is 10.7. The Kier molecular flexibility index (Phi) is 5.27. The Morgan fingerprint density at radius 3 is 2.53 bits per heavy atom. The average molecular weight is 425 g/mol. The van der Waals surface area contributed by atoms with E-state index in [0.717, 1.165) is 6.42 Å². The van der Waals surface area contributed by atoms with Crippen molar-refractivity contribution < 1.29 is 33.6 Å². The molecule has 0 aromatic carbocycles. The quantitative estimate of drug-likeness (QED) is 0.681. The fourth-order valence-corrected chi connectivity index (χ4v) is 7.05. The summed E-state index contributed by atoms with van der Waals surface area (Å²) in [5.41, 5.74) is -2.64. The van der Waals surface area contributed by atoms with Crippen molar-refractivity contribution in [3.8, 4) is 0 Å². The predicted octanol–water partition coefficient (Wildman–Crippen LogP) is 2.62. The summed E-state index contributed by atoms with van der Waals surface area (Å²) in [5.74, 6) is -0.746. The minimum absolute atomic E-state index is 0.0226. The van der Waals surface area contributed by atoms with E-state index in [1.165, 1.54) is 6.92 Å². The van der Waals surface area contributed by atoms with Crippen molar-refractivity contribution in [2.24, 2.45) is 23.7 Å². The third kappa shape index (κ3) is 3.28. The molecule has 0 aromatic heterocycles. The Labute approximate surface area is 178 Å². The fourth-order valence-electron chi connectivity index (χ4n) is 7.05. The van der Waals surface area contributed by atoms with E-state index >= 15 is 0 Å². The molecule has 4 aliphatic rings. The summed E-state index contributed by atoms with van der Waals surface area (Å²) in [6.07, 6.45) is 1.90. The molecule has 170 valence electrons. The molecule has 0 amide bonds. The Morgan fingerprint density at radius 1 is 1.20 bits per heavy atom. The van der Waals surface area contributed by atoms with E-state index in [1.54, 1.807) is 14.0 Å². The summed E-state index contributed by atoms with van der Waals surface area (Å²) in [4.78, 5) is 25.0. The largest absolute Gasteiger partial charge is 0.459 e. The number of hydrogen-bond donors (Lipinski definition) is 1. The van der Waals surface area contributed by atoms with Crippen LogP contribution in [0.1, 0.15) is 66.7 Å². The van der Waals surface area contributed by atoms with Crippen LogP contribution in [0.15, 0.2) is 0 Å². The van der Waals surface area contributed by atoms with Crippen molar-refractivity contribution in [2.75, 3.05) is 7.11 Å². The van der Waals surface area contributed by atoms with Gasteiger partial charge in [0.25, 0.3) is 0 Å². The van der Waals surface area contributed by atoms with Crippen LogP contribution in [-0.4, -0.2) is 59.3 Å². The van der Waals surface area contributed by atoms with Crippen LogP contribution in [0.3, 0.4) is 0 Å². The third-order valence-corrected chi connectivity index (χ3v) is 8.48. The molecular weight excluding hydrogens is 388 g/mol. The second-order valence-electron chi connectivity index (χ2n) is 10.7. The molecule has 3 saturated heterocycles. The van der Waals surface area contributed by atoms with Crippen LogP contribution >= 0.6 is 0 Å². The summed E-state index contributed by atoms with van der Waals surface area (Å²) >= 11 is 0. The molecule has 2 bridgehead atoms. The molecular formula is C23H36O7. The van der Waals surface area contributed by atoms with Gasteiger partial charge >= 0.3 is 11.9 Å². The van der Waals surface area contributed by atoms with Gasteiger partial charge in [-0.15, -0.1) is 0 Å². The molecule has 7 heteroatoms. The van der Waals surface area contributed by atoms with Crippen molar-refractivity contribution >= 4 is 11.9 Å². The standard InChI is InChI=1S/C23H36O7/c1-12-14-7-9-22(4,29-13(2)24)18-15-11-21(3,26)16(27-6)8-10-23(5,30-20(12)25)19(28-15)17(14)18/h12,14-19,26H,7-11H2,1-6H3/t12-,14+,15+,16-,17+,18+,19+,21-,22-,23+/m1/s1. The van der Waals surface area contributed by atoms with E-state index in [2.05, 4.69) is 0 Å². The minimum Gasteiger partial charge on any atom is -0.459 e. The maximum Gasteiger partial charge on any atom is 0.309 e. The number of carbonyl (C=O) groups is 2. The van der Waals surface area contributed by atoms with Crippen molar-refractivity contribution in [1.29, 1.82) is 0 Å². The van der Waals surface area contributed by atoms with Gasteiger partial charge in [0.2, 0.25) is 0 Å². The van der Waals surface area contributed by atoms with E-state index in [0.29, 0.717) is 25.7 Å². The van der Waals surface area contributed by atoms with Crippen molar-refractivity contribution in [1.82, 2.24) is 0 Å². The van der Waals surface area contributed by atoms with Gasteiger partial charge in [0.1, 0.15) is 17.3 Å². The van der Waals surface area contributed by atoms with Crippen LogP contribution in [-0.2, 0) is 28.5 Å². The van der Waals surface area contributed by atoms with E-state index in [-0.39, 0.29) is 47.8 Å². The molecule has 0 spiro atoms. The van der Waals surface area contributed by atoms with Crippen LogP contribution in [0.5, 0.6) is 0 Å². The van der Waals surface area contributed by atoms with Gasteiger partial charge < -0.3 is 24.1 Å². The maximum atomic E-state index is 13.0. The molecule has 7 nitrogen and oxygen atoms in total. The lowest BCUT2D eigenvalue weighted by Gasteiger charge is -2.49. The van der Waals surface area contributed by atoms with E-state index < -0.39 is 22.9 Å². The molecule has 10 atom stereocenters. The smallest absolute Gasteiger partial charge is 0.309 e. The van der Waals surface area contributed by atoms with Gasteiger partial charge in [0.15, 0.2) is 0 Å². The zero-order valence-corrected chi connectivity index (χ0v) is 19.0. The van der Waals surface area contributed by atoms with Crippen molar-refractivity contribution in [2.45, 2.75) is 102 Å². The topological polar surface area (TPSA) is 91.3 Å². The lowest BCUT2D eigenvalue weighted by molar-refractivity contribution is -0.182. The lowest BCUT2D eigenvalue weighted by Crippen LogP contribution is -2.56. The minimum atomic E-state index is -1.11. The second kappa shape index (κ2) is 7.17. The van der Waals surface area contributed by atoms with Gasteiger partial charge in [-0.05, 0) is 52.4 Å². The highest BCUT2D eigenvalue weighted by Crippen LogP contribution is 2.60. The van der Waals surface area contributed by atoms with Gasteiger partial charge in [-0.3, -0.25) is 9.59 Å². The SMILES string of the molecule is CO[C@@H]1CC[C@]2(C)OC(=O)[C@H](C)[C@@H]3CC[C@@](C)(OC(C)=O)[C@@H]4[C@H]3[C@@H]2O[C@H]4C[C@@]1(C)O. The van der Waals surface area contributed by atoms with Crippen LogP contribution in [0.25, 0.3) is 0 Å². The summed E-state index contributed by atoms with van der Waals surface area (Å²) in [5, 5.41) is 11.3. The van der Waals surface area contributed by atoms with Crippen molar-refractivity contribution in [3.05, 3.63) is 0 Å². The molecule has 0 unspecified atom stereocenters. The number of rotatable bonds is 2. The summed E-state index contributed by atoms with van der Waals surface area (Å²) in [6, 6.07) is 0. The molecule has 4 fully saturated rings.